The van der Waals surface area contributed by atoms with Gasteiger partial charge in [0.2, 0.25) is 0 Å². The molecule has 0 aliphatic heterocycles. The quantitative estimate of drug-likeness (QED) is 0.524. The lowest BCUT2D eigenvalue weighted by atomic mass is 10.6. The van der Waals surface area contributed by atoms with Crippen LogP contribution < -0.4 is 0 Å². The molecule has 66 valence electrons. The smallest absolute Gasteiger partial charge is 0.358 e. The fourth-order valence-electron chi connectivity index (χ4n) is 0.551. The van der Waals surface area contributed by atoms with Gasteiger partial charge >= 0.3 is 17.8 Å². The molecule has 12 heavy (non-hydrogen) atoms. The van der Waals surface area contributed by atoms with Crippen molar-refractivity contribution in [3.8, 4) is 0 Å². The van der Waals surface area contributed by atoms with E-state index in [9.17, 15) is 23.3 Å². The van der Waals surface area contributed by atoms with Crippen LogP contribution in [-0.2, 0) is 6.18 Å². The number of nitrogens with zero attached hydrogens (tertiary/aromatic N) is 2. The third-order valence-electron chi connectivity index (χ3n) is 1.02. The lowest BCUT2D eigenvalue weighted by molar-refractivity contribution is -0.389. The summed E-state index contributed by atoms with van der Waals surface area (Å²) in [5.74, 6) is -2.21. The molecular weight excluding hydrogens is 179 g/mol. The van der Waals surface area contributed by atoms with Crippen LogP contribution in [0.3, 0.4) is 0 Å². The average molecular weight is 181 g/mol. The van der Waals surface area contributed by atoms with Gasteiger partial charge in [-0.15, -0.1) is 0 Å². The summed E-state index contributed by atoms with van der Waals surface area (Å²) in [7, 11) is 0. The van der Waals surface area contributed by atoms with Crippen LogP contribution >= 0.6 is 0 Å². The average Bonchev–Trinajstić information content (AvgIpc) is 2.30. The first-order valence-electron chi connectivity index (χ1n) is 2.68. The number of hydrogen-bond acceptors (Lipinski definition) is 3. The summed E-state index contributed by atoms with van der Waals surface area (Å²) in [6.07, 6.45) is -4.09. The minimum Gasteiger partial charge on any atom is -0.358 e. The molecule has 1 aromatic rings. The number of aromatic nitrogens is 2. The van der Waals surface area contributed by atoms with E-state index in [1.165, 1.54) is 0 Å². The summed E-state index contributed by atoms with van der Waals surface area (Å²) in [6.45, 7) is 0. The molecule has 0 spiro atoms. The van der Waals surface area contributed by atoms with Crippen molar-refractivity contribution in [1.82, 2.24) is 9.97 Å². The highest BCUT2D eigenvalue weighted by molar-refractivity contribution is 5.16. The van der Waals surface area contributed by atoms with Crippen molar-refractivity contribution in [1.29, 1.82) is 0 Å². The Morgan fingerprint density at radius 3 is 2.42 bits per heavy atom. The predicted molar refractivity (Wildman–Crippen MR) is 30.2 cm³/mol. The molecule has 5 nitrogen and oxygen atoms in total. The van der Waals surface area contributed by atoms with Gasteiger partial charge in [0.15, 0.2) is 0 Å². The van der Waals surface area contributed by atoms with Crippen molar-refractivity contribution < 1.29 is 18.1 Å². The number of alkyl halides is 3. The maximum atomic E-state index is 11.7. The normalized spacial score (nSPS) is 11.6. The van der Waals surface area contributed by atoms with Gasteiger partial charge < -0.3 is 15.1 Å². The van der Waals surface area contributed by atoms with Crippen LogP contribution in [0, 0.1) is 10.1 Å². The fraction of sp³-hybridized carbons (Fsp3) is 0.250. The lowest BCUT2D eigenvalue weighted by Gasteiger charge is -1.94. The second-order valence-corrected chi connectivity index (χ2v) is 1.86. The maximum Gasteiger partial charge on any atom is 0.475 e. The third-order valence-corrected chi connectivity index (χ3v) is 1.02. The van der Waals surface area contributed by atoms with Gasteiger partial charge in [-0.25, -0.2) is 0 Å². The molecule has 0 aliphatic carbocycles. The Morgan fingerprint density at radius 1 is 1.58 bits per heavy atom. The van der Waals surface area contributed by atoms with E-state index < -0.39 is 22.7 Å². The standard InChI is InChI=1S/C4H2F3N3O2/c5-4(6,7)3-8-1-2(9-3)10(11)12/h1H,(H,8,9). The largest absolute Gasteiger partial charge is 0.475 e. The van der Waals surface area contributed by atoms with Crippen LogP contribution in [0.4, 0.5) is 19.0 Å². The number of H-pyrrole nitrogens is 1. The molecule has 1 heterocycles. The molecule has 0 aromatic carbocycles. The first kappa shape index (κ1) is 8.50. The summed E-state index contributed by atoms with van der Waals surface area (Å²) >= 11 is 0. The van der Waals surface area contributed by atoms with Gasteiger partial charge in [-0.05, 0) is 9.91 Å². The van der Waals surface area contributed by atoms with Crippen LogP contribution in [0.5, 0.6) is 0 Å². The summed E-state index contributed by atoms with van der Waals surface area (Å²) in [4.78, 5) is 13.2. The van der Waals surface area contributed by atoms with E-state index >= 15 is 0 Å². The molecule has 1 rings (SSSR count). The Morgan fingerprint density at radius 2 is 2.17 bits per heavy atom. The molecule has 0 saturated heterocycles. The van der Waals surface area contributed by atoms with E-state index in [2.05, 4.69) is 4.98 Å². The van der Waals surface area contributed by atoms with Crippen molar-refractivity contribution >= 4 is 5.82 Å². The van der Waals surface area contributed by atoms with Crippen molar-refractivity contribution in [2.24, 2.45) is 0 Å². The van der Waals surface area contributed by atoms with Gasteiger partial charge in [-0.2, -0.15) is 13.2 Å². The summed E-state index contributed by atoms with van der Waals surface area (Å²) in [6, 6.07) is 0. The molecule has 0 atom stereocenters. The van der Waals surface area contributed by atoms with Crippen LogP contribution in [-0.4, -0.2) is 14.9 Å². The van der Waals surface area contributed by atoms with E-state index in [1.54, 1.807) is 4.98 Å². The Kier molecular flexibility index (Phi) is 1.75. The van der Waals surface area contributed by atoms with Gasteiger partial charge in [0.05, 0.1) is 0 Å². The van der Waals surface area contributed by atoms with E-state index in [0.717, 1.165) is 0 Å². The number of aromatic amines is 1. The van der Waals surface area contributed by atoms with E-state index in [1.807, 2.05) is 0 Å². The second kappa shape index (κ2) is 2.47. The molecule has 0 unspecified atom stereocenters. The minimum atomic E-state index is -4.67. The Hall–Kier alpha value is -1.60. The van der Waals surface area contributed by atoms with Crippen molar-refractivity contribution in [2.75, 3.05) is 0 Å². The highest BCUT2D eigenvalue weighted by Gasteiger charge is 2.40. The van der Waals surface area contributed by atoms with E-state index in [-0.39, 0.29) is 0 Å². The SMILES string of the molecule is O=[N+]([O-])c1c[nH]c(C(F)(F)F)n1. The topological polar surface area (TPSA) is 71.8 Å². The monoisotopic (exact) mass is 181 g/mol. The van der Waals surface area contributed by atoms with Crippen LogP contribution in [0.15, 0.2) is 6.20 Å². The van der Waals surface area contributed by atoms with E-state index in [4.69, 9.17) is 0 Å². The zero-order valence-corrected chi connectivity index (χ0v) is 5.42. The summed E-state index contributed by atoms with van der Waals surface area (Å²) < 4.78 is 35.2. The second-order valence-electron chi connectivity index (χ2n) is 1.86. The van der Waals surface area contributed by atoms with Crippen LogP contribution in [0.1, 0.15) is 5.82 Å². The van der Waals surface area contributed by atoms with Crippen molar-refractivity contribution in [3.05, 3.63) is 22.1 Å². The Balaban J connectivity index is 3.00. The Labute approximate surface area is 63.4 Å². The molecule has 0 bridgehead atoms. The van der Waals surface area contributed by atoms with Crippen molar-refractivity contribution in [3.63, 3.8) is 0 Å². The zero-order valence-electron chi connectivity index (χ0n) is 5.42. The highest BCUT2D eigenvalue weighted by Crippen LogP contribution is 2.27. The molecule has 0 fully saturated rings. The van der Waals surface area contributed by atoms with Gasteiger partial charge in [0.1, 0.15) is 6.20 Å². The lowest BCUT2D eigenvalue weighted by Crippen LogP contribution is -2.07. The molecular formula is C4H2F3N3O2. The highest BCUT2D eigenvalue weighted by atomic mass is 19.4. The summed E-state index contributed by atoms with van der Waals surface area (Å²) in [5.41, 5.74) is 0. The Bertz CT molecular complexity index is 305. The van der Waals surface area contributed by atoms with E-state index in [0.29, 0.717) is 6.20 Å². The first-order valence-corrected chi connectivity index (χ1v) is 2.68. The predicted octanol–water partition coefficient (Wildman–Crippen LogP) is 1.34. The first-order chi connectivity index (χ1) is 5.41. The van der Waals surface area contributed by atoms with Gasteiger partial charge in [-0.1, -0.05) is 0 Å². The van der Waals surface area contributed by atoms with Gasteiger partial charge in [0, 0.05) is 0 Å². The van der Waals surface area contributed by atoms with Gasteiger partial charge in [0.25, 0.3) is 0 Å². The number of rotatable bonds is 1. The minimum absolute atomic E-state index is 0.586. The number of nitrogens with one attached hydrogen (secondary N) is 1. The molecule has 0 saturated carbocycles. The molecule has 1 aromatic heterocycles. The zero-order chi connectivity index (χ0) is 9.35. The number of nitro groups is 1. The van der Waals surface area contributed by atoms with Crippen LogP contribution in [0.2, 0.25) is 0 Å². The van der Waals surface area contributed by atoms with Crippen molar-refractivity contribution in [2.45, 2.75) is 6.18 Å². The number of halogens is 3. The number of imidazole rings is 1. The number of hydrogen-bond donors (Lipinski definition) is 1. The maximum absolute atomic E-state index is 11.7. The molecule has 0 radical (unpaired) electrons. The molecule has 0 aliphatic rings. The molecule has 1 N–H and O–H groups in total. The van der Waals surface area contributed by atoms with Gasteiger partial charge in [-0.3, -0.25) is 0 Å². The van der Waals surface area contributed by atoms with Crippen LogP contribution in [0.25, 0.3) is 0 Å². The fourth-order valence-corrected chi connectivity index (χ4v) is 0.551. The molecule has 8 heteroatoms. The summed E-state index contributed by atoms with van der Waals surface area (Å²) in [5, 5.41) is 9.90. The third kappa shape index (κ3) is 1.52. The molecule has 0 amide bonds.